The highest BCUT2D eigenvalue weighted by Gasteiger charge is 2.44. The molecule has 0 radical (unpaired) electrons. The molecule has 5 rings (SSSR count). The van der Waals surface area contributed by atoms with Crippen LogP contribution in [0.3, 0.4) is 0 Å². The monoisotopic (exact) mass is 671 g/mol. The summed E-state index contributed by atoms with van der Waals surface area (Å²) in [6.45, 7) is 0.488. The Morgan fingerprint density at radius 3 is 2.37 bits per heavy atom. The lowest BCUT2D eigenvalue weighted by Crippen LogP contribution is -2.62. The van der Waals surface area contributed by atoms with Crippen LogP contribution >= 0.6 is 0 Å². The summed E-state index contributed by atoms with van der Waals surface area (Å²) in [5.41, 5.74) is 0.128. The van der Waals surface area contributed by atoms with Crippen molar-refractivity contribution in [2.45, 2.75) is 69.0 Å². The van der Waals surface area contributed by atoms with Crippen LogP contribution in [0.15, 0.2) is 78.9 Å². The first-order valence-electron chi connectivity index (χ1n) is 16.7. The van der Waals surface area contributed by atoms with Crippen LogP contribution in [0, 0.1) is 5.82 Å². The van der Waals surface area contributed by atoms with Crippen LogP contribution in [-0.4, -0.2) is 66.9 Å². The van der Waals surface area contributed by atoms with Gasteiger partial charge in [0.05, 0.1) is 18.6 Å². The van der Waals surface area contributed by atoms with Gasteiger partial charge in [-0.1, -0.05) is 73.5 Å². The van der Waals surface area contributed by atoms with Crippen molar-refractivity contribution in [1.29, 1.82) is 0 Å². The van der Waals surface area contributed by atoms with Gasteiger partial charge in [0, 0.05) is 19.5 Å². The standard InChI is InChI=1S/C37H42FN5O6/c38-28-15-6-4-13-26(28)17-21-40-35(47)30-24-32(44)43-37(18-8-9-19-37)36(48)42-29(23-25-11-2-1-3-12-25)34(46)39-20-10-22-49-31-16-7-5-14-27(31)33(45)41-30/h1-7,11-16,29-30H,8-10,17-24H2,(H,39,46)(H,40,47)(H,41,45)(H,42,48)(H,43,44)/t29-,30-/m0/s1. The van der Waals surface area contributed by atoms with E-state index in [1.54, 1.807) is 42.5 Å². The molecule has 3 aromatic rings. The molecule has 1 heterocycles. The molecule has 0 aromatic heterocycles. The number of hydrogen-bond acceptors (Lipinski definition) is 6. The van der Waals surface area contributed by atoms with Crippen molar-refractivity contribution in [2.24, 2.45) is 0 Å². The third-order valence-electron chi connectivity index (χ3n) is 8.85. The molecule has 258 valence electrons. The van der Waals surface area contributed by atoms with E-state index in [2.05, 4.69) is 26.6 Å². The van der Waals surface area contributed by atoms with E-state index >= 15 is 0 Å². The Hall–Kier alpha value is -5.26. The van der Waals surface area contributed by atoms with Gasteiger partial charge in [-0.15, -0.1) is 0 Å². The van der Waals surface area contributed by atoms with E-state index in [9.17, 15) is 28.4 Å². The summed E-state index contributed by atoms with van der Waals surface area (Å²) in [5, 5.41) is 14.0. The minimum atomic E-state index is -1.32. The fraction of sp³-hybridized carbons (Fsp3) is 0.378. The zero-order valence-corrected chi connectivity index (χ0v) is 27.3. The lowest BCUT2D eigenvalue weighted by Gasteiger charge is -2.32. The van der Waals surface area contributed by atoms with Gasteiger partial charge >= 0.3 is 0 Å². The SMILES string of the molecule is O=C1C[C@@H](C(=O)NCCc2ccccc2F)NC(=O)c2ccccc2OCCCNC(=O)[C@H](Cc2ccccc2)NC(=O)C2(CCCC2)N1. The Balaban J connectivity index is 1.39. The number of para-hydroxylation sites is 1. The molecule has 1 aliphatic heterocycles. The second-order valence-electron chi connectivity index (χ2n) is 12.4. The average molecular weight is 672 g/mol. The van der Waals surface area contributed by atoms with Crippen LogP contribution in [0.1, 0.15) is 60.0 Å². The number of fused-ring (bicyclic) bond motifs is 1. The largest absolute Gasteiger partial charge is 0.493 e. The zero-order valence-electron chi connectivity index (χ0n) is 27.3. The van der Waals surface area contributed by atoms with Gasteiger partial charge in [-0.25, -0.2) is 4.39 Å². The molecule has 2 atom stereocenters. The number of benzene rings is 3. The van der Waals surface area contributed by atoms with Gasteiger partial charge in [-0.2, -0.15) is 0 Å². The fourth-order valence-corrected chi connectivity index (χ4v) is 6.21. The number of carbonyl (C=O) groups is 5. The molecule has 0 bridgehead atoms. The normalized spacial score (nSPS) is 20.3. The molecule has 11 nitrogen and oxygen atoms in total. The molecular formula is C37H42FN5O6. The van der Waals surface area contributed by atoms with Crippen molar-refractivity contribution in [3.05, 3.63) is 101 Å². The summed E-state index contributed by atoms with van der Waals surface area (Å²) in [5.74, 6) is -2.88. The van der Waals surface area contributed by atoms with E-state index in [0.29, 0.717) is 37.7 Å². The molecule has 1 fully saturated rings. The zero-order chi connectivity index (χ0) is 34.6. The van der Waals surface area contributed by atoms with Crippen molar-refractivity contribution >= 4 is 29.5 Å². The highest BCUT2D eigenvalue weighted by Crippen LogP contribution is 2.30. The number of carbonyl (C=O) groups excluding carboxylic acids is 5. The van der Waals surface area contributed by atoms with E-state index in [1.807, 2.05) is 30.3 Å². The minimum Gasteiger partial charge on any atom is -0.493 e. The molecular weight excluding hydrogens is 629 g/mol. The third-order valence-corrected chi connectivity index (χ3v) is 8.85. The second-order valence-corrected chi connectivity index (χ2v) is 12.4. The topological polar surface area (TPSA) is 155 Å². The molecule has 0 saturated heterocycles. The maximum absolute atomic E-state index is 14.2. The first-order chi connectivity index (χ1) is 23.7. The molecule has 3 aromatic carbocycles. The van der Waals surface area contributed by atoms with Gasteiger partial charge in [-0.05, 0) is 55.0 Å². The summed E-state index contributed by atoms with van der Waals surface area (Å²) in [7, 11) is 0. The Morgan fingerprint density at radius 1 is 0.878 bits per heavy atom. The van der Waals surface area contributed by atoms with Crippen molar-refractivity contribution in [3.8, 4) is 5.75 Å². The minimum absolute atomic E-state index is 0.0602. The van der Waals surface area contributed by atoms with Gasteiger partial charge in [-0.3, -0.25) is 24.0 Å². The van der Waals surface area contributed by atoms with E-state index in [1.165, 1.54) is 6.07 Å². The van der Waals surface area contributed by atoms with Crippen LogP contribution in [0.4, 0.5) is 4.39 Å². The van der Waals surface area contributed by atoms with Crippen LogP contribution in [0.2, 0.25) is 0 Å². The average Bonchev–Trinajstić information content (AvgIpc) is 3.58. The van der Waals surface area contributed by atoms with Crippen LogP contribution in [-0.2, 0) is 32.0 Å². The smallest absolute Gasteiger partial charge is 0.255 e. The first kappa shape index (κ1) is 35.1. The number of amides is 5. The highest BCUT2D eigenvalue weighted by atomic mass is 19.1. The van der Waals surface area contributed by atoms with Crippen molar-refractivity contribution in [2.75, 3.05) is 19.7 Å². The molecule has 5 amide bonds. The maximum Gasteiger partial charge on any atom is 0.255 e. The van der Waals surface area contributed by atoms with Crippen LogP contribution in [0.25, 0.3) is 0 Å². The number of ether oxygens (including phenoxy) is 1. The molecule has 5 N–H and O–H groups in total. The van der Waals surface area contributed by atoms with Gasteiger partial charge in [0.1, 0.15) is 29.2 Å². The highest BCUT2D eigenvalue weighted by molar-refractivity contribution is 6.01. The van der Waals surface area contributed by atoms with Crippen molar-refractivity contribution in [3.63, 3.8) is 0 Å². The Labute approximate surface area is 284 Å². The Bertz CT molecular complexity index is 1640. The van der Waals surface area contributed by atoms with Gasteiger partial charge in [0.2, 0.25) is 23.6 Å². The quantitative estimate of drug-likeness (QED) is 0.272. The summed E-state index contributed by atoms with van der Waals surface area (Å²) in [4.78, 5) is 68.0. The summed E-state index contributed by atoms with van der Waals surface area (Å²) in [6.07, 6.45) is 2.44. The van der Waals surface area contributed by atoms with Crippen LogP contribution in [0.5, 0.6) is 5.75 Å². The van der Waals surface area contributed by atoms with Gasteiger partial charge in [0.15, 0.2) is 0 Å². The predicted octanol–water partition coefficient (Wildman–Crippen LogP) is 2.73. The van der Waals surface area contributed by atoms with Crippen molar-refractivity contribution in [1.82, 2.24) is 26.6 Å². The molecule has 12 heteroatoms. The molecule has 1 saturated carbocycles. The van der Waals surface area contributed by atoms with Gasteiger partial charge in [0.25, 0.3) is 5.91 Å². The number of nitrogens with one attached hydrogen (secondary N) is 5. The second kappa shape index (κ2) is 16.7. The molecule has 0 unspecified atom stereocenters. The first-order valence-corrected chi connectivity index (χ1v) is 16.7. The number of hydrogen-bond donors (Lipinski definition) is 5. The molecule has 1 spiro atoms. The summed E-state index contributed by atoms with van der Waals surface area (Å²) < 4.78 is 20.1. The van der Waals surface area contributed by atoms with Crippen molar-refractivity contribution < 1.29 is 33.1 Å². The van der Waals surface area contributed by atoms with E-state index in [0.717, 1.165) is 5.56 Å². The van der Waals surface area contributed by atoms with E-state index in [4.69, 9.17) is 4.74 Å². The maximum atomic E-state index is 14.2. The Kier molecular flexibility index (Phi) is 12.0. The lowest BCUT2D eigenvalue weighted by atomic mass is 9.94. The lowest BCUT2D eigenvalue weighted by molar-refractivity contribution is -0.136. The molecule has 49 heavy (non-hydrogen) atoms. The van der Waals surface area contributed by atoms with E-state index < -0.39 is 53.5 Å². The number of halogens is 1. The van der Waals surface area contributed by atoms with E-state index in [-0.39, 0.29) is 49.8 Å². The Morgan fingerprint density at radius 2 is 1.59 bits per heavy atom. The number of rotatable bonds is 6. The van der Waals surface area contributed by atoms with Gasteiger partial charge < -0.3 is 31.3 Å². The summed E-state index contributed by atoms with van der Waals surface area (Å²) in [6, 6.07) is 19.8. The predicted molar refractivity (Wildman–Crippen MR) is 180 cm³/mol. The molecule has 2 aliphatic rings. The molecule has 1 aliphatic carbocycles. The fourth-order valence-electron chi connectivity index (χ4n) is 6.21. The summed E-state index contributed by atoms with van der Waals surface area (Å²) >= 11 is 0. The van der Waals surface area contributed by atoms with Crippen LogP contribution < -0.4 is 31.3 Å². The third kappa shape index (κ3) is 9.43.